The normalized spacial score (nSPS) is 10.8. The van der Waals surface area contributed by atoms with Crippen LogP contribution in [0.15, 0.2) is 18.2 Å². The summed E-state index contributed by atoms with van der Waals surface area (Å²) in [5.41, 5.74) is -2.52. The van der Waals surface area contributed by atoms with Gasteiger partial charge in [-0.15, -0.1) is 0 Å². The number of ether oxygens (including phenoxy) is 2. The first-order chi connectivity index (χ1) is 9.11. The van der Waals surface area contributed by atoms with Gasteiger partial charge in [0.1, 0.15) is 5.60 Å². The maximum atomic E-state index is 11.4. The van der Waals surface area contributed by atoms with Gasteiger partial charge in [-0.1, -0.05) is 6.07 Å². The molecule has 0 fully saturated rings. The molecule has 0 amide bonds. The van der Waals surface area contributed by atoms with Gasteiger partial charge in [-0.05, 0) is 26.8 Å². The first-order valence-electron chi connectivity index (χ1n) is 5.44. The monoisotopic (exact) mass is 284 g/mol. The van der Waals surface area contributed by atoms with E-state index in [-0.39, 0.29) is 0 Å². The van der Waals surface area contributed by atoms with E-state index in [0.717, 1.165) is 12.1 Å². The van der Waals surface area contributed by atoms with Gasteiger partial charge < -0.3 is 9.47 Å². The lowest BCUT2D eigenvalue weighted by atomic mass is 10.2. The molecule has 1 aromatic rings. The molecule has 0 bridgehead atoms. The molecule has 0 aliphatic rings. The van der Waals surface area contributed by atoms with Crippen molar-refractivity contribution in [2.45, 2.75) is 26.4 Å². The third-order valence-corrected chi connectivity index (χ3v) is 1.94. The van der Waals surface area contributed by atoms with Crippen molar-refractivity contribution in [3.8, 4) is 5.75 Å². The summed E-state index contributed by atoms with van der Waals surface area (Å²) in [7, 11) is 0. The fourth-order valence-corrected chi connectivity index (χ4v) is 1.28. The second kappa shape index (κ2) is 5.51. The Labute approximate surface area is 113 Å². The predicted octanol–water partition coefficient (Wildman–Crippen LogP) is 2.82. The lowest BCUT2D eigenvalue weighted by molar-refractivity contribution is -0.423. The summed E-state index contributed by atoms with van der Waals surface area (Å²) in [4.78, 5) is 31.1. The molecule has 1 aromatic carbocycles. The van der Waals surface area contributed by atoms with Crippen LogP contribution < -0.4 is 4.74 Å². The van der Waals surface area contributed by atoms with Crippen molar-refractivity contribution in [1.82, 2.24) is 0 Å². The Balaban J connectivity index is 3.13. The molecular weight excluding hydrogens is 272 g/mol. The van der Waals surface area contributed by atoms with Gasteiger partial charge in [-0.2, -0.15) is 0 Å². The van der Waals surface area contributed by atoms with Crippen LogP contribution in [0, 0.1) is 20.2 Å². The Morgan fingerprint density at radius 2 is 1.75 bits per heavy atom. The average molecular weight is 284 g/mol. The molecule has 0 atom stereocenters. The van der Waals surface area contributed by atoms with E-state index in [9.17, 15) is 25.0 Å². The molecular formula is C11H12N2O7. The first kappa shape index (κ1) is 15.3. The number of nitro benzene ring substituents is 2. The van der Waals surface area contributed by atoms with Crippen LogP contribution in [0.3, 0.4) is 0 Å². The van der Waals surface area contributed by atoms with E-state index in [1.807, 2.05) is 0 Å². The molecule has 0 aromatic heterocycles. The van der Waals surface area contributed by atoms with Crippen molar-refractivity contribution < 1.29 is 24.1 Å². The minimum absolute atomic E-state index is 0.543. The van der Waals surface area contributed by atoms with Gasteiger partial charge in [0.25, 0.3) is 0 Å². The summed E-state index contributed by atoms with van der Waals surface area (Å²) >= 11 is 0. The van der Waals surface area contributed by atoms with Crippen molar-refractivity contribution >= 4 is 17.5 Å². The molecule has 0 aliphatic carbocycles. The molecule has 0 radical (unpaired) electrons. The molecule has 0 heterocycles. The summed E-state index contributed by atoms with van der Waals surface area (Å²) in [6.45, 7) is 4.74. The second-order valence-corrected chi connectivity index (χ2v) is 4.70. The van der Waals surface area contributed by atoms with Crippen molar-refractivity contribution in [1.29, 1.82) is 0 Å². The van der Waals surface area contributed by atoms with Gasteiger partial charge in [0, 0.05) is 6.07 Å². The molecule has 0 saturated carbocycles. The number of nitro groups is 2. The Morgan fingerprint density at radius 1 is 1.15 bits per heavy atom. The summed E-state index contributed by atoms with van der Waals surface area (Å²) in [5, 5.41) is 21.6. The molecule has 0 spiro atoms. The molecule has 0 N–H and O–H groups in total. The molecule has 1 rings (SSSR count). The van der Waals surface area contributed by atoms with Crippen LogP contribution in [-0.4, -0.2) is 21.6 Å². The molecule has 0 unspecified atom stereocenters. The largest absolute Gasteiger partial charge is 0.514 e. The number of carbonyl (C=O) groups excluding carboxylic acids is 1. The van der Waals surface area contributed by atoms with E-state index >= 15 is 0 Å². The molecule has 20 heavy (non-hydrogen) atoms. The lowest BCUT2D eigenvalue weighted by Gasteiger charge is -2.18. The fourth-order valence-electron chi connectivity index (χ4n) is 1.28. The standard InChI is InChI=1S/C11H12N2O7/c1-11(2,3)20-10(14)19-8-6-4-5-7(12(15)16)9(8)13(17)18/h4-6H,1-3H3. The van der Waals surface area contributed by atoms with Gasteiger partial charge in [0.2, 0.25) is 5.75 Å². The highest BCUT2D eigenvalue weighted by Crippen LogP contribution is 2.36. The Bertz CT molecular complexity index is 562. The van der Waals surface area contributed by atoms with E-state index in [2.05, 4.69) is 4.74 Å². The molecule has 9 nitrogen and oxygen atoms in total. The first-order valence-corrected chi connectivity index (χ1v) is 5.44. The maximum Gasteiger partial charge on any atom is 0.514 e. The van der Waals surface area contributed by atoms with Crippen LogP contribution in [0.1, 0.15) is 20.8 Å². The Hall–Kier alpha value is -2.71. The fraction of sp³-hybridized carbons (Fsp3) is 0.364. The third kappa shape index (κ3) is 3.90. The number of carbonyl (C=O) groups is 1. The third-order valence-electron chi connectivity index (χ3n) is 1.94. The smallest absolute Gasteiger partial charge is 0.428 e. The van der Waals surface area contributed by atoms with Crippen molar-refractivity contribution in [3.05, 3.63) is 38.4 Å². The van der Waals surface area contributed by atoms with E-state index in [1.165, 1.54) is 6.07 Å². The minimum Gasteiger partial charge on any atom is -0.428 e. The highest BCUT2D eigenvalue weighted by molar-refractivity contribution is 5.70. The van der Waals surface area contributed by atoms with Gasteiger partial charge in [-0.3, -0.25) is 20.2 Å². The average Bonchev–Trinajstić information content (AvgIpc) is 2.25. The predicted molar refractivity (Wildman–Crippen MR) is 66.6 cm³/mol. The van der Waals surface area contributed by atoms with Gasteiger partial charge in [0.15, 0.2) is 0 Å². The van der Waals surface area contributed by atoms with Crippen molar-refractivity contribution in [2.75, 3.05) is 0 Å². The molecule has 9 heteroatoms. The number of para-hydroxylation sites is 1. The second-order valence-electron chi connectivity index (χ2n) is 4.70. The van der Waals surface area contributed by atoms with Crippen LogP contribution >= 0.6 is 0 Å². The zero-order chi connectivity index (χ0) is 15.5. The topological polar surface area (TPSA) is 122 Å². The molecule has 108 valence electrons. The molecule has 0 aliphatic heterocycles. The Morgan fingerprint density at radius 3 is 2.20 bits per heavy atom. The van der Waals surface area contributed by atoms with E-state index in [1.54, 1.807) is 20.8 Å². The van der Waals surface area contributed by atoms with Gasteiger partial charge >= 0.3 is 17.5 Å². The SMILES string of the molecule is CC(C)(C)OC(=O)Oc1cccc([N+](=O)[O-])c1[N+](=O)[O-]. The van der Waals surface area contributed by atoms with Gasteiger partial charge in [-0.25, -0.2) is 4.79 Å². The summed E-state index contributed by atoms with van der Waals surface area (Å²) in [6.07, 6.45) is -1.18. The highest BCUT2D eigenvalue weighted by Gasteiger charge is 2.31. The van der Waals surface area contributed by atoms with Crippen LogP contribution in [0.5, 0.6) is 5.75 Å². The maximum absolute atomic E-state index is 11.4. The molecule has 0 saturated heterocycles. The Kier molecular flexibility index (Phi) is 4.23. The number of benzene rings is 1. The number of hydrogen-bond acceptors (Lipinski definition) is 7. The van der Waals surface area contributed by atoms with Crippen LogP contribution in [-0.2, 0) is 4.74 Å². The quantitative estimate of drug-likeness (QED) is 0.362. The lowest BCUT2D eigenvalue weighted by Crippen LogP contribution is -2.26. The van der Waals surface area contributed by atoms with Crippen molar-refractivity contribution in [3.63, 3.8) is 0 Å². The van der Waals surface area contributed by atoms with Gasteiger partial charge in [0.05, 0.1) is 9.85 Å². The van der Waals surface area contributed by atoms with Crippen LogP contribution in [0.4, 0.5) is 16.2 Å². The zero-order valence-electron chi connectivity index (χ0n) is 11.0. The summed E-state index contributed by atoms with van der Waals surface area (Å²) in [5.74, 6) is -0.543. The van der Waals surface area contributed by atoms with Crippen LogP contribution in [0.2, 0.25) is 0 Å². The van der Waals surface area contributed by atoms with E-state index in [4.69, 9.17) is 4.74 Å². The number of rotatable bonds is 3. The number of nitrogens with zero attached hydrogens (tertiary/aromatic N) is 2. The van der Waals surface area contributed by atoms with E-state index in [0.29, 0.717) is 0 Å². The minimum atomic E-state index is -1.18. The zero-order valence-corrected chi connectivity index (χ0v) is 11.0. The summed E-state index contributed by atoms with van der Waals surface area (Å²) in [6, 6.07) is 3.19. The highest BCUT2D eigenvalue weighted by atomic mass is 16.7. The van der Waals surface area contributed by atoms with Crippen LogP contribution in [0.25, 0.3) is 0 Å². The van der Waals surface area contributed by atoms with E-state index < -0.39 is 38.7 Å². The van der Waals surface area contributed by atoms with Crippen molar-refractivity contribution in [2.24, 2.45) is 0 Å². The summed E-state index contributed by atoms with van der Waals surface area (Å²) < 4.78 is 9.49. The number of hydrogen-bond donors (Lipinski definition) is 0.